The molecule has 0 unspecified atom stereocenters. The monoisotopic (exact) mass is 232 g/mol. The van der Waals surface area contributed by atoms with Crippen molar-refractivity contribution in [3.63, 3.8) is 0 Å². The van der Waals surface area contributed by atoms with Crippen LogP contribution in [0.4, 0.5) is 0 Å². The fourth-order valence-corrected chi connectivity index (χ4v) is 0. The SMILES string of the molecule is OCl.[Ba+2].[H-].[H-].[H-].[K+]. The molecule has 1 N–H and O–H groups in total. The summed E-state index contributed by atoms with van der Waals surface area (Å²) in [6.45, 7) is 0. The Hall–Kier alpha value is 3.46. The maximum Gasteiger partial charge on any atom is 2.00 e. The molecule has 0 saturated heterocycles. The van der Waals surface area contributed by atoms with Gasteiger partial charge in [-0.3, -0.25) is 4.66 Å². The number of halogens is 1. The quantitative estimate of drug-likeness (QED) is 0.444. The third-order valence-corrected chi connectivity index (χ3v) is 0. The van der Waals surface area contributed by atoms with Gasteiger partial charge in [-0.1, -0.05) is 0 Å². The largest absolute Gasteiger partial charge is 2.00 e. The van der Waals surface area contributed by atoms with E-state index in [4.69, 9.17) is 4.66 Å². The van der Waals surface area contributed by atoms with E-state index in [9.17, 15) is 0 Å². The van der Waals surface area contributed by atoms with Crippen LogP contribution < -0.4 is 51.4 Å². The van der Waals surface area contributed by atoms with Gasteiger partial charge in [0, 0.05) is 0 Å². The zero-order chi connectivity index (χ0) is 2.00. The van der Waals surface area contributed by atoms with Crippen LogP contribution in [0.1, 0.15) is 4.28 Å². The van der Waals surface area contributed by atoms with Gasteiger partial charge in [0.2, 0.25) is 0 Å². The standard InChI is InChI=1S/Ba.ClHO.K.3H/c;1-2;;;;/h;2H;;;;/q+2;;+1;3*-1. The van der Waals surface area contributed by atoms with E-state index in [-0.39, 0.29) is 105 Å². The second-order valence-electron chi connectivity index (χ2n) is 0. The third-order valence-electron chi connectivity index (χ3n) is 0. The summed E-state index contributed by atoms with van der Waals surface area (Å²) in [7, 11) is 0. The van der Waals surface area contributed by atoms with Crippen LogP contribution in [0.25, 0.3) is 0 Å². The first-order valence-electron chi connectivity index (χ1n) is 0.169. The summed E-state index contributed by atoms with van der Waals surface area (Å²) in [5.41, 5.74) is 0. The summed E-state index contributed by atoms with van der Waals surface area (Å²) < 4.78 is 6.47. The Labute approximate surface area is 118 Å². The van der Waals surface area contributed by atoms with E-state index in [1.807, 2.05) is 0 Å². The Morgan fingerprint density at radius 1 is 1.50 bits per heavy atom. The maximum absolute atomic E-state index is 6.47. The Kier molecular flexibility index (Phi) is 63.0. The van der Waals surface area contributed by atoms with Crippen LogP contribution in [-0.4, -0.2) is 53.5 Å². The molecule has 0 aliphatic carbocycles. The van der Waals surface area contributed by atoms with Gasteiger partial charge in [0.15, 0.2) is 0 Å². The van der Waals surface area contributed by atoms with Crippen LogP contribution in [0.3, 0.4) is 0 Å². The molecule has 4 heteroatoms. The summed E-state index contributed by atoms with van der Waals surface area (Å²) in [5.74, 6) is 0. The van der Waals surface area contributed by atoms with E-state index in [1.165, 1.54) is 0 Å². The van der Waals surface area contributed by atoms with Gasteiger partial charge < -0.3 is 4.28 Å². The van der Waals surface area contributed by atoms with Crippen molar-refractivity contribution < 1.29 is 60.3 Å². The molecule has 4 heavy (non-hydrogen) atoms. The van der Waals surface area contributed by atoms with E-state index in [0.29, 0.717) is 0 Å². The fraction of sp³-hybridized carbons (Fsp3) is 0. The van der Waals surface area contributed by atoms with E-state index < -0.39 is 0 Å². The van der Waals surface area contributed by atoms with Gasteiger partial charge in [0.25, 0.3) is 0 Å². The average Bonchev–Trinajstić information content (AvgIpc) is 1.00. The van der Waals surface area contributed by atoms with Gasteiger partial charge in [-0.15, -0.1) is 0 Å². The fourth-order valence-electron chi connectivity index (χ4n) is 0. The van der Waals surface area contributed by atoms with Crippen LogP contribution in [0.15, 0.2) is 0 Å². The summed E-state index contributed by atoms with van der Waals surface area (Å²) in [6, 6.07) is 0. The predicted octanol–water partition coefficient (Wildman–Crippen LogP) is -2.91. The topological polar surface area (TPSA) is 20.2 Å². The van der Waals surface area contributed by atoms with Crippen molar-refractivity contribution >= 4 is 60.7 Å². The molecule has 0 saturated carbocycles. The molecule has 0 amide bonds. The Morgan fingerprint density at radius 3 is 1.50 bits per heavy atom. The molecule has 0 aromatic heterocycles. The Morgan fingerprint density at radius 2 is 1.50 bits per heavy atom. The normalized spacial score (nSPS) is 1.50. The van der Waals surface area contributed by atoms with Crippen LogP contribution >= 0.6 is 11.9 Å². The molecule has 0 spiro atoms. The maximum atomic E-state index is 6.47. The third kappa shape index (κ3) is 9.07. The van der Waals surface area contributed by atoms with Crippen molar-refractivity contribution in [1.29, 1.82) is 0 Å². The van der Waals surface area contributed by atoms with E-state index in [1.54, 1.807) is 0 Å². The number of hydrogen-bond donors (Lipinski definition) is 1. The zero-order valence-electron chi connectivity index (χ0n) is 5.53. The van der Waals surface area contributed by atoms with Gasteiger partial charge in [0.1, 0.15) is 0 Å². The first kappa shape index (κ1) is 15.7. The van der Waals surface area contributed by atoms with Crippen molar-refractivity contribution in [3.05, 3.63) is 0 Å². The van der Waals surface area contributed by atoms with E-state index >= 15 is 0 Å². The summed E-state index contributed by atoms with van der Waals surface area (Å²) in [5, 5.41) is 0. The summed E-state index contributed by atoms with van der Waals surface area (Å²) in [6.07, 6.45) is 0. The second kappa shape index (κ2) is 16.1. The molecule has 0 fully saturated rings. The molecule has 0 aromatic rings. The number of rotatable bonds is 0. The summed E-state index contributed by atoms with van der Waals surface area (Å²) >= 11 is 3.64. The minimum absolute atomic E-state index is 0. The molecule has 0 bridgehead atoms. The second-order valence-corrected chi connectivity index (χ2v) is 0. The molecule has 1 nitrogen and oxygen atoms in total. The van der Waals surface area contributed by atoms with Crippen molar-refractivity contribution in [1.82, 2.24) is 0 Å². The smallest absolute Gasteiger partial charge is 1.00 e. The van der Waals surface area contributed by atoms with Crippen molar-refractivity contribution in [2.75, 3.05) is 0 Å². The Bertz CT molecular complexity index is 14.9. The van der Waals surface area contributed by atoms with Crippen LogP contribution in [0.5, 0.6) is 0 Å². The minimum atomic E-state index is 0. The molecule has 0 atom stereocenters. The number of hydrogen-bond acceptors (Lipinski definition) is 1. The van der Waals surface area contributed by atoms with Crippen LogP contribution in [0, 0.1) is 0 Å². The molecule has 20 valence electrons. The first-order chi connectivity index (χ1) is 1.00. The molecular weight excluding hydrogens is 228 g/mol. The molecule has 0 radical (unpaired) electrons. The molecule has 0 aromatic carbocycles. The van der Waals surface area contributed by atoms with Crippen molar-refractivity contribution in [2.45, 2.75) is 0 Å². The summed E-state index contributed by atoms with van der Waals surface area (Å²) in [4.78, 5) is 0. The van der Waals surface area contributed by atoms with Gasteiger partial charge in [-0.2, -0.15) is 0 Å². The average molecular weight is 232 g/mol. The predicted molar refractivity (Wildman–Crippen MR) is 17.2 cm³/mol. The zero-order valence-corrected chi connectivity index (χ0v) is 10.9. The first-order valence-corrected chi connectivity index (χ1v) is 0.507. The van der Waals surface area contributed by atoms with Gasteiger partial charge in [-0.25, -0.2) is 0 Å². The van der Waals surface area contributed by atoms with Crippen molar-refractivity contribution in [3.8, 4) is 0 Å². The van der Waals surface area contributed by atoms with E-state index in [0.717, 1.165) is 0 Å². The molecule has 0 rings (SSSR count). The van der Waals surface area contributed by atoms with Crippen LogP contribution in [0.2, 0.25) is 0 Å². The molecule has 0 heterocycles. The van der Waals surface area contributed by atoms with Gasteiger partial charge >= 0.3 is 100 Å². The molecule has 0 aliphatic rings. The molecular formula is H4BaClKO. The van der Waals surface area contributed by atoms with Crippen molar-refractivity contribution in [2.24, 2.45) is 0 Å². The van der Waals surface area contributed by atoms with Gasteiger partial charge in [-0.05, 0) is 0 Å². The van der Waals surface area contributed by atoms with Gasteiger partial charge in [0.05, 0.1) is 11.9 Å². The van der Waals surface area contributed by atoms with E-state index in [2.05, 4.69) is 11.9 Å². The minimum Gasteiger partial charge on any atom is -1.00 e. The molecule has 0 aliphatic heterocycles. The Balaban J connectivity index is -0.000000000500. The van der Waals surface area contributed by atoms with Crippen LogP contribution in [-0.2, 0) is 0 Å².